The maximum absolute atomic E-state index is 6.44. The van der Waals surface area contributed by atoms with Gasteiger partial charge in [0.25, 0.3) is 0 Å². The molecule has 0 aromatic rings. The van der Waals surface area contributed by atoms with E-state index < -0.39 is 0 Å². The zero-order valence-corrected chi connectivity index (χ0v) is 13.0. The smallest absolute Gasteiger partial charge is 0.0687 e. The second-order valence-electron chi connectivity index (χ2n) is 6.62. The van der Waals surface area contributed by atoms with Gasteiger partial charge in [-0.2, -0.15) is 0 Å². The van der Waals surface area contributed by atoms with Gasteiger partial charge in [-0.05, 0) is 57.9 Å². The minimum Gasteiger partial charge on any atom is -0.372 e. The molecule has 2 rings (SSSR count). The third-order valence-corrected chi connectivity index (χ3v) is 5.17. The van der Waals surface area contributed by atoms with Crippen molar-refractivity contribution < 1.29 is 4.74 Å². The summed E-state index contributed by atoms with van der Waals surface area (Å²) in [6.07, 6.45) is 15.3. The van der Waals surface area contributed by atoms with Crippen LogP contribution in [0, 0.1) is 0 Å². The molecule has 1 heterocycles. The maximum Gasteiger partial charge on any atom is 0.0687 e. The van der Waals surface area contributed by atoms with Gasteiger partial charge in [0.15, 0.2) is 0 Å². The van der Waals surface area contributed by atoms with Crippen LogP contribution in [0.15, 0.2) is 0 Å². The predicted molar refractivity (Wildman–Crippen MR) is 81.5 cm³/mol. The van der Waals surface area contributed by atoms with Gasteiger partial charge in [0.05, 0.1) is 11.7 Å². The molecule has 2 atom stereocenters. The van der Waals surface area contributed by atoms with Gasteiger partial charge in [-0.15, -0.1) is 0 Å². The van der Waals surface area contributed by atoms with E-state index in [1.165, 1.54) is 70.6 Å². The molecule has 2 unspecified atom stereocenters. The molecule has 1 saturated heterocycles. The van der Waals surface area contributed by atoms with Crippen molar-refractivity contribution in [2.45, 2.75) is 102 Å². The molecule has 2 heteroatoms. The van der Waals surface area contributed by atoms with Crippen LogP contribution >= 0.6 is 0 Å². The first-order valence-corrected chi connectivity index (χ1v) is 8.69. The Kier molecular flexibility index (Phi) is 6.15. The quantitative estimate of drug-likeness (QED) is 0.737. The Morgan fingerprint density at radius 1 is 1.16 bits per heavy atom. The average Bonchev–Trinajstić information content (AvgIpc) is 2.81. The summed E-state index contributed by atoms with van der Waals surface area (Å²) < 4.78 is 6.44. The Morgan fingerprint density at radius 2 is 1.95 bits per heavy atom. The molecule has 2 nitrogen and oxygen atoms in total. The SMILES string of the molecule is CCNC(CC)CCCC1CCC2(CCCCC2)O1. The van der Waals surface area contributed by atoms with Crippen LogP contribution in [0.4, 0.5) is 0 Å². The van der Waals surface area contributed by atoms with Crippen molar-refractivity contribution in [1.82, 2.24) is 5.32 Å². The lowest BCUT2D eigenvalue weighted by atomic mass is 9.83. The van der Waals surface area contributed by atoms with Crippen molar-refractivity contribution in [2.24, 2.45) is 0 Å². The molecule has 2 aliphatic rings. The highest BCUT2D eigenvalue weighted by Crippen LogP contribution is 2.42. The van der Waals surface area contributed by atoms with Gasteiger partial charge in [0.1, 0.15) is 0 Å². The second-order valence-corrected chi connectivity index (χ2v) is 6.62. The second kappa shape index (κ2) is 7.64. The third-order valence-electron chi connectivity index (χ3n) is 5.17. The lowest BCUT2D eigenvalue weighted by molar-refractivity contribution is -0.0662. The van der Waals surface area contributed by atoms with E-state index in [0.29, 0.717) is 11.7 Å². The molecule has 0 bridgehead atoms. The Hall–Kier alpha value is -0.0800. The van der Waals surface area contributed by atoms with Gasteiger partial charge >= 0.3 is 0 Å². The van der Waals surface area contributed by atoms with Gasteiger partial charge in [0, 0.05) is 6.04 Å². The van der Waals surface area contributed by atoms with Crippen LogP contribution in [-0.4, -0.2) is 24.3 Å². The van der Waals surface area contributed by atoms with E-state index in [9.17, 15) is 0 Å². The first-order valence-electron chi connectivity index (χ1n) is 8.69. The summed E-state index contributed by atoms with van der Waals surface area (Å²) in [5, 5.41) is 3.57. The van der Waals surface area contributed by atoms with Crippen molar-refractivity contribution >= 4 is 0 Å². The first kappa shape index (κ1) is 15.3. The van der Waals surface area contributed by atoms with Crippen molar-refractivity contribution in [3.05, 3.63) is 0 Å². The van der Waals surface area contributed by atoms with E-state index in [-0.39, 0.29) is 0 Å². The largest absolute Gasteiger partial charge is 0.372 e. The van der Waals surface area contributed by atoms with Gasteiger partial charge in [-0.25, -0.2) is 0 Å². The highest BCUT2D eigenvalue weighted by atomic mass is 16.5. The molecule has 0 radical (unpaired) electrons. The summed E-state index contributed by atoms with van der Waals surface area (Å²) in [7, 11) is 0. The summed E-state index contributed by atoms with van der Waals surface area (Å²) in [6.45, 7) is 5.59. The molecular formula is C17H33NO. The minimum atomic E-state index is 0.314. The number of ether oxygens (including phenoxy) is 1. The van der Waals surface area contributed by atoms with Crippen LogP contribution in [0.25, 0.3) is 0 Å². The van der Waals surface area contributed by atoms with Crippen LogP contribution in [0.3, 0.4) is 0 Å². The Balaban J connectivity index is 1.64. The molecule has 1 N–H and O–H groups in total. The first-order chi connectivity index (χ1) is 9.28. The molecule has 1 saturated carbocycles. The topological polar surface area (TPSA) is 21.3 Å². The molecule has 2 fully saturated rings. The van der Waals surface area contributed by atoms with E-state index in [1.54, 1.807) is 0 Å². The molecular weight excluding hydrogens is 234 g/mol. The maximum atomic E-state index is 6.44. The molecule has 0 aromatic carbocycles. The van der Waals surface area contributed by atoms with Crippen molar-refractivity contribution in [2.75, 3.05) is 6.54 Å². The summed E-state index contributed by atoms with van der Waals surface area (Å²) in [4.78, 5) is 0. The standard InChI is InChI=1S/C17H33NO/c1-3-15(18-4-2)9-8-10-16-11-14-17(19-16)12-6-5-7-13-17/h15-16,18H,3-14H2,1-2H3. The van der Waals surface area contributed by atoms with Crippen LogP contribution < -0.4 is 5.32 Å². The zero-order chi connectivity index (χ0) is 13.6. The fraction of sp³-hybridized carbons (Fsp3) is 1.00. The van der Waals surface area contributed by atoms with Gasteiger partial charge in [-0.3, -0.25) is 0 Å². The number of nitrogens with one attached hydrogen (secondary N) is 1. The van der Waals surface area contributed by atoms with Crippen molar-refractivity contribution in [1.29, 1.82) is 0 Å². The normalized spacial score (nSPS) is 27.8. The fourth-order valence-corrected chi connectivity index (χ4v) is 3.99. The van der Waals surface area contributed by atoms with Crippen LogP contribution in [0.5, 0.6) is 0 Å². The monoisotopic (exact) mass is 267 g/mol. The van der Waals surface area contributed by atoms with Crippen LogP contribution in [0.1, 0.15) is 84.5 Å². The van der Waals surface area contributed by atoms with Crippen molar-refractivity contribution in [3.63, 3.8) is 0 Å². The predicted octanol–water partition coefficient (Wildman–Crippen LogP) is 4.43. The average molecular weight is 267 g/mol. The fourth-order valence-electron chi connectivity index (χ4n) is 3.99. The molecule has 1 spiro atoms. The van der Waals surface area contributed by atoms with E-state index >= 15 is 0 Å². The van der Waals surface area contributed by atoms with Crippen LogP contribution in [0.2, 0.25) is 0 Å². The molecule has 112 valence electrons. The summed E-state index contributed by atoms with van der Waals surface area (Å²) in [5.41, 5.74) is 0.314. The highest BCUT2D eigenvalue weighted by Gasteiger charge is 2.40. The van der Waals surface area contributed by atoms with E-state index in [1.807, 2.05) is 0 Å². The van der Waals surface area contributed by atoms with Crippen LogP contribution in [-0.2, 0) is 4.74 Å². The summed E-state index contributed by atoms with van der Waals surface area (Å²) >= 11 is 0. The Bertz CT molecular complexity index is 248. The summed E-state index contributed by atoms with van der Waals surface area (Å²) in [6, 6.07) is 0.718. The molecule has 0 aromatic heterocycles. The van der Waals surface area contributed by atoms with E-state index in [0.717, 1.165) is 12.6 Å². The number of hydrogen-bond donors (Lipinski definition) is 1. The highest BCUT2D eigenvalue weighted by molar-refractivity contribution is 4.91. The van der Waals surface area contributed by atoms with Crippen molar-refractivity contribution in [3.8, 4) is 0 Å². The Labute approximate surface area is 119 Å². The number of rotatable bonds is 7. The van der Waals surface area contributed by atoms with Gasteiger partial charge in [-0.1, -0.05) is 33.1 Å². The lowest BCUT2D eigenvalue weighted by Crippen LogP contribution is -2.32. The summed E-state index contributed by atoms with van der Waals surface area (Å²) in [5.74, 6) is 0. The van der Waals surface area contributed by atoms with E-state index in [4.69, 9.17) is 4.74 Å². The minimum absolute atomic E-state index is 0.314. The molecule has 1 aliphatic heterocycles. The third kappa shape index (κ3) is 4.46. The lowest BCUT2D eigenvalue weighted by Gasteiger charge is -2.33. The van der Waals surface area contributed by atoms with Gasteiger partial charge in [0.2, 0.25) is 0 Å². The number of hydrogen-bond acceptors (Lipinski definition) is 2. The molecule has 19 heavy (non-hydrogen) atoms. The zero-order valence-electron chi connectivity index (χ0n) is 13.0. The van der Waals surface area contributed by atoms with Gasteiger partial charge < -0.3 is 10.1 Å². The molecule has 0 amide bonds. The van der Waals surface area contributed by atoms with E-state index in [2.05, 4.69) is 19.2 Å². The molecule has 1 aliphatic carbocycles. The Morgan fingerprint density at radius 3 is 2.63 bits per heavy atom.